The lowest BCUT2D eigenvalue weighted by Crippen LogP contribution is -2.49. The molecule has 8 heteroatoms. The average molecular weight is 399 g/mol. The first-order chi connectivity index (χ1) is 12.8. The van der Waals surface area contributed by atoms with Crippen LogP contribution in [-0.2, 0) is 14.8 Å². The van der Waals surface area contributed by atoms with Crippen LogP contribution in [-0.4, -0.2) is 40.1 Å². The highest BCUT2D eigenvalue weighted by Gasteiger charge is 2.29. The maximum Gasteiger partial charge on any atom is 0.241 e. The summed E-state index contributed by atoms with van der Waals surface area (Å²) in [6.45, 7) is 7.11. The van der Waals surface area contributed by atoms with Crippen LogP contribution < -0.4 is 19.5 Å². The molecule has 0 fully saturated rings. The van der Waals surface area contributed by atoms with Crippen molar-refractivity contribution in [2.45, 2.75) is 57.4 Å². The molecule has 0 bridgehead atoms. The Morgan fingerprint density at radius 1 is 1.11 bits per heavy atom. The van der Waals surface area contributed by atoms with Crippen LogP contribution in [0.4, 0.5) is 0 Å². The largest absolute Gasteiger partial charge is 0.486 e. The summed E-state index contributed by atoms with van der Waals surface area (Å²) in [4.78, 5) is 12.5. The Hall–Kier alpha value is -1.80. The molecule has 2 N–H and O–H groups in total. The molecule has 0 saturated heterocycles. The lowest BCUT2D eigenvalue weighted by molar-refractivity contribution is -0.123. The lowest BCUT2D eigenvalue weighted by Gasteiger charge is -2.23. The highest BCUT2D eigenvalue weighted by Crippen LogP contribution is 2.32. The van der Waals surface area contributed by atoms with Gasteiger partial charge in [0.15, 0.2) is 11.5 Å². The number of nitrogens with one attached hydrogen (secondary N) is 2. The van der Waals surface area contributed by atoms with E-state index >= 15 is 0 Å². The van der Waals surface area contributed by atoms with Gasteiger partial charge in [0, 0.05) is 12.6 Å². The molecule has 0 aromatic heterocycles. The monoisotopic (exact) mass is 398 g/mol. The predicted octanol–water partition coefficient (Wildman–Crippen LogP) is 2.46. The van der Waals surface area contributed by atoms with Crippen molar-refractivity contribution < 1.29 is 22.7 Å². The number of carbonyl (C=O) groups is 1. The van der Waals surface area contributed by atoms with E-state index in [0.29, 0.717) is 31.3 Å². The van der Waals surface area contributed by atoms with Crippen molar-refractivity contribution in [3.8, 4) is 11.5 Å². The molecule has 1 atom stereocenters. The first kappa shape index (κ1) is 21.5. The Morgan fingerprint density at radius 3 is 2.48 bits per heavy atom. The van der Waals surface area contributed by atoms with Gasteiger partial charge in [-0.15, -0.1) is 0 Å². The number of unbranched alkanes of at least 4 members (excludes halogenated alkanes) is 3. The quantitative estimate of drug-likeness (QED) is 0.591. The van der Waals surface area contributed by atoms with E-state index in [0.717, 1.165) is 25.7 Å². The van der Waals surface area contributed by atoms with Crippen molar-refractivity contribution in [3.63, 3.8) is 0 Å². The van der Waals surface area contributed by atoms with Crippen molar-refractivity contribution in [2.75, 3.05) is 19.8 Å². The minimum atomic E-state index is -3.87. The second kappa shape index (κ2) is 9.94. The second-order valence-corrected chi connectivity index (χ2v) is 8.71. The first-order valence-electron chi connectivity index (χ1n) is 9.55. The van der Waals surface area contributed by atoms with Crippen molar-refractivity contribution in [1.29, 1.82) is 0 Å². The number of carbonyl (C=O) groups excluding carboxylic acids is 1. The lowest BCUT2D eigenvalue weighted by atomic mass is 10.0. The van der Waals surface area contributed by atoms with Crippen LogP contribution in [0, 0.1) is 5.92 Å². The van der Waals surface area contributed by atoms with Gasteiger partial charge in [0.25, 0.3) is 0 Å². The molecule has 1 aromatic rings. The molecular weight excluding hydrogens is 368 g/mol. The summed E-state index contributed by atoms with van der Waals surface area (Å²) < 4.78 is 38.9. The fourth-order valence-corrected chi connectivity index (χ4v) is 4.15. The zero-order valence-corrected chi connectivity index (χ0v) is 17.1. The van der Waals surface area contributed by atoms with Crippen molar-refractivity contribution >= 4 is 15.9 Å². The summed E-state index contributed by atoms with van der Waals surface area (Å²) in [6, 6.07) is 3.61. The molecule has 1 aliphatic heterocycles. The van der Waals surface area contributed by atoms with E-state index in [9.17, 15) is 13.2 Å². The minimum Gasteiger partial charge on any atom is -0.486 e. The molecule has 1 heterocycles. The van der Waals surface area contributed by atoms with E-state index in [-0.39, 0.29) is 16.7 Å². The third-order valence-electron chi connectivity index (χ3n) is 4.38. The van der Waals surface area contributed by atoms with Crippen LogP contribution in [0.1, 0.15) is 46.5 Å². The van der Waals surface area contributed by atoms with Gasteiger partial charge in [-0.2, -0.15) is 4.72 Å². The Labute approximate surface area is 161 Å². The molecule has 1 amide bonds. The van der Waals surface area contributed by atoms with Gasteiger partial charge in [-0.1, -0.05) is 40.0 Å². The number of hydrogen-bond donors (Lipinski definition) is 2. The Kier molecular flexibility index (Phi) is 7.91. The minimum absolute atomic E-state index is 0.0492. The number of hydrogen-bond acceptors (Lipinski definition) is 5. The van der Waals surface area contributed by atoms with Crippen molar-refractivity contribution in [3.05, 3.63) is 18.2 Å². The SMILES string of the molecule is CCCCCCNC(=O)[C@@H](NS(=O)(=O)c1ccc2c(c1)OCCO2)C(C)C. The number of ether oxygens (including phenoxy) is 2. The molecule has 1 aromatic carbocycles. The van der Waals surface area contributed by atoms with Gasteiger partial charge in [-0.3, -0.25) is 4.79 Å². The Morgan fingerprint density at radius 2 is 1.81 bits per heavy atom. The van der Waals surface area contributed by atoms with Gasteiger partial charge >= 0.3 is 0 Å². The standard InChI is InChI=1S/C19H30N2O5S/c1-4-5-6-7-10-20-19(22)18(14(2)3)21-27(23,24)15-8-9-16-17(13-15)26-12-11-25-16/h8-9,13-14,18,21H,4-7,10-12H2,1-3H3,(H,20,22)/t18-/m0/s1. The summed E-state index contributed by atoms with van der Waals surface area (Å²) in [7, 11) is -3.87. The maximum absolute atomic E-state index is 12.8. The van der Waals surface area contributed by atoms with E-state index in [1.54, 1.807) is 6.07 Å². The van der Waals surface area contributed by atoms with E-state index < -0.39 is 16.1 Å². The third kappa shape index (κ3) is 6.10. The van der Waals surface area contributed by atoms with Crippen LogP contribution in [0.2, 0.25) is 0 Å². The van der Waals surface area contributed by atoms with Gasteiger partial charge < -0.3 is 14.8 Å². The number of fused-ring (bicyclic) bond motifs is 1. The third-order valence-corrected chi connectivity index (χ3v) is 5.82. The zero-order chi connectivity index (χ0) is 19.9. The van der Waals surface area contributed by atoms with Gasteiger partial charge in [0.1, 0.15) is 19.3 Å². The van der Waals surface area contributed by atoms with E-state index in [4.69, 9.17) is 9.47 Å². The molecule has 0 spiro atoms. The topological polar surface area (TPSA) is 93.7 Å². The number of sulfonamides is 1. The smallest absolute Gasteiger partial charge is 0.241 e. The normalized spacial score (nSPS) is 14.8. The van der Waals surface area contributed by atoms with E-state index in [2.05, 4.69) is 17.0 Å². The molecule has 7 nitrogen and oxygen atoms in total. The Balaban J connectivity index is 2.04. The zero-order valence-electron chi connectivity index (χ0n) is 16.3. The second-order valence-electron chi connectivity index (χ2n) is 7.00. The van der Waals surface area contributed by atoms with Gasteiger partial charge in [0.05, 0.1) is 4.90 Å². The van der Waals surface area contributed by atoms with Gasteiger partial charge in [0.2, 0.25) is 15.9 Å². The molecule has 2 rings (SSSR count). The molecule has 27 heavy (non-hydrogen) atoms. The summed E-state index contributed by atoms with van der Waals surface area (Å²) in [5, 5.41) is 2.84. The van der Waals surface area contributed by atoms with Crippen molar-refractivity contribution in [2.24, 2.45) is 5.92 Å². The highest BCUT2D eigenvalue weighted by atomic mass is 32.2. The Bertz CT molecular complexity index is 734. The summed E-state index contributed by atoms with van der Waals surface area (Å²) in [5.41, 5.74) is 0. The molecule has 152 valence electrons. The highest BCUT2D eigenvalue weighted by molar-refractivity contribution is 7.89. The molecule has 0 saturated carbocycles. The predicted molar refractivity (Wildman–Crippen MR) is 104 cm³/mol. The fraction of sp³-hybridized carbons (Fsp3) is 0.632. The van der Waals surface area contributed by atoms with E-state index in [1.807, 2.05) is 13.8 Å². The average Bonchev–Trinajstić information content (AvgIpc) is 2.65. The maximum atomic E-state index is 12.8. The van der Waals surface area contributed by atoms with Crippen LogP contribution in [0.3, 0.4) is 0 Å². The molecule has 0 aliphatic carbocycles. The summed E-state index contributed by atoms with van der Waals surface area (Å²) in [5.74, 6) is 0.422. The molecular formula is C19H30N2O5S. The molecule has 0 unspecified atom stereocenters. The van der Waals surface area contributed by atoms with Crippen LogP contribution >= 0.6 is 0 Å². The first-order valence-corrected chi connectivity index (χ1v) is 11.0. The van der Waals surface area contributed by atoms with Gasteiger partial charge in [-0.05, 0) is 24.5 Å². The number of amides is 1. The fourth-order valence-electron chi connectivity index (χ4n) is 2.79. The van der Waals surface area contributed by atoms with Crippen LogP contribution in [0.15, 0.2) is 23.1 Å². The molecule has 0 radical (unpaired) electrons. The van der Waals surface area contributed by atoms with Gasteiger partial charge in [-0.25, -0.2) is 8.42 Å². The van der Waals surface area contributed by atoms with Crippen molar-refractivity contribution in [1.82, 2.24) is 10.0 Å². The number of benzene rings is 1. The van der Waals surface area contributed by atoms with Crippen LogP contribution in [0.25, 0.3) is 0 Å². The summed E-state index contributed by atoms with van der Waals surface area (Å²) in [6.07, 6.45) is 4.18. The number of rotatable bonds is 10. The van der Waals surface area contributed by atoms with Crippen LogP contribution in [0.5, 0.6) is 11.5 Å². The molecule has 1 aliphatic rings. The summed E-state index contributed by atoms with van der Waals surface area (Å²) >= 11 is 0. The van der Waals surface area contributed by atoms with E-state index in [1.165, 1.54) is 12.1 Å².